The molecule has 0 bridgehead atoms. The van der Waals surface area contributed by atoms with Crippen LogP contribution in [-0.4, -0.2) is 17.1 Å². The topological polar surface area (TPSA) is 26.3 Å². The highest BCUT2D eigenvalue weighted by atomic mass is 32.2. The van der Waals surface area contributed by atoms with E-state index in [1.165, 1.54) is 0 Å². The fourth-order valence-electron chi connectivity index (χ4n) is 0.559. The minimum Gasteiger partial charge on any atom is -0.481 e. The highest BCUT2D eigenvalue weighted by Crippen LogP contribution is 2.05. The maximum absolute atomic E-state index is 10.7. The number of hydrogen-bond donors (Lipinski definition) is 0. The van der Waals surface area contributed by atoms with Crippen molar-refractivity contribution in [1.82, 2.24) is 0 Å². The smallest absolute Gasteiger partial charge is 0.183 e. The van der Waals surface area contributed by atoms with Crippen LogP contribution in [0.1, 0.15) is 0 Å². The predicted octanol–water partition coefficient (Wildman–Crippen LogP) is 0.793. The van der Waals surface area contributed by atoms with Crippen LogP contribution in [0.5, 0.6) is 0 Å². The molecule has 0 aromatic carbocycles. The van der Waals surface area contributed by atoms with Crippen LogP contribution in [0.25, 0.3) is 0 Å². The fourth-order valence-corrected chi connectivity index (χ4v) is 1.06. The molecule has 0 saturated carbocycles. The second-order valence-corrected chi connectivity index (χ2v) is 2.99. The van der Waals surface area contributed by atoms with Crippen molar-refractivity contribution >= 4 is 10.8 Å². The number of allylic oxidation sites excluding steroid dienone is 2. The Kier molecular flexibility index (Phi) is 2.05. The average molecular weight is 144 g/mol. The van der Waals surface area contributed by atoms with Crippen molar-refractivity contribution in [3.05, 3.63) is 23.3 Å². The molecule has 0 N–H and O–H groups in total. The minimum absolute atomic E-state index is 0.547. The summed E-state index contributed by atoms with van der Waals surface area (Å²) in [5, 5.41) is 0.567. The molecule has 0 spiro atoms. The maximum atomic E-state index is 10.7. The van der Waals surface area contributed by atoms with Crippen LogP contribution >= 0.6 is 0 Å². The van der Waals surface area contributed by atoms with Crippen molar-refractivity contribution in [3.8, 4) is 0 Å². The van der Waals surface area contributed by atoms with Gasteiger partial charge in [0.2, 0.25) is 0 Å². The summed E-state index contributed by atoms with van der Waals surface area (Å²) in [6.45, 7) is 0.547. The normalized spacial score (nSPS) is 20.3. The Morgan fingerprint density at radius 2 is 2.56 bits per heavy atom. The molecule has 50 valence electrons. The van der Waals surface area contributed by atoms with Gasteiger partial charge in [-0.15, -0.1) is 0 Å². The average Bonchev–Trinajstić information content (AvgIpc) is 1.90. The lowest BCUT2D eigenvalue weighted by molar-refractivity contribution is 0.271. The summed E-state index contributed by atoms with van der Waals surface area (Å²) < 4.78 is 15.7. The van der Waals surface area contributed by atoms with E-state index in [0.29, 0.717) is 11.7 Å². The summed E-state index contributed by atoms with van der Waals surface area (Å²) in [7, 11) is -0.964. The highest BCUT2D eigenvalue weighted by molar-refractivity contribution is 7.88. The van der Waals surface area contributed by atoms with E-state index in [0.717, 1.165) is 0 Å². The van der Waals surface area contributed by atoms with Crippen molar-refractivity contribution in [2.75, 3.05) is 12.9 Å². The van der Waals surface area contributed by atoms with Gasteiger partial charge in [0.15, 0.2) is 5.09 Å². The van der Waals surface area contributed by atoms with Crippen LogP contribution in [0.15, 0.2) is 23.3 Å². The highest BCUT2D eigenvalue weighted by Gasteiger charge is 2.02. The van der Waals surface area contributed by atoms with Gasteiger partial charge < -0.3 is 4.74 Å². The van der Waals surface area contributed by atoms with Crippen LogP contribution in [0.2, 0.25) is 0 Å². The standard InChI is InChI=1S/C6H8O2S/c1-9(7)6-4-2-3-5-8-6/h2-4H,5H2,1H3. The van der Waals surface area contributed by atoms with Crippen molar-refractivity contribution < 1.29 is 8.95 Å². The Morgan fingerprint density at radius 3 is 2.89 bits per heavy atom. The lowest BCUT2D eigenvalue weighted by Crippen LogP contribution is -2.00. The zero-order chi connectivity index (χ0) is 6.69. The van der Waals surface area contributed by atoms with Gasteiger partial charge in [-0.2, -0.15) is 0 Å². The van der Waals surface area contributed by atoms with E-state index >= 15 is 0 Å². The van der Waals surface area contributed by atoms with E-state index < -0.39 is 10.8 Å². The third-order valence-electron chi connectivity index (χ3n) is 0.974. The van der Waals surface area contributed by atoms with E-state index in [-0.39, 0.29) is 0 Å². The molecule has 1 rings (SSSR count). The summed E-state index contributed by atoms with van der Waals surface area (Å²) in [5.41, 5.74) is 0. The molecule has 3 heteroatoms. The Hall–Kier alpha value is -0.570. The van der Waals surface area contributed by atoms with Crippen LogP contribution in [0.3, 0.4) is 0 Å². The first-order valence-corrected chi connectivity index (χ1v) is 4.19. The Labute approximate surface area is 56.7 Å². The maximum Gasteiger partial charge on any atom is 0.183 e. The van der Waals surface area contributed by atoms with E-state index in [2.05, 4.69) is 0 Å². The fraction of sp³-hybridized carbons (Fsp3) is 0.333. The van der Waals surface area contributed by atoms with Gasteiger partial charge in [0.1, 0.15) is 6.61 Å². The van der Waals surface area contributed by atoms with Gasteiger partial charge in [-0.25, -0.2) is 0 Å². The SMILES string of the molecule is CS(=O)C1=CC=CCO1. The van der Waals surface area contributed by atoms with Crippen LogP contribution in [0, 0.1) is 0 Å². The second kappa shape index (κ2) is 2.82. The molecular weight excluding hydrogens is 136 g/mol. The molecule has 0 radical (unpaired) electrons. The molecular formula is C6H8O2S. The van der Waals surface area contributed by atoms with Crippen LogP contribution in [0.4, 0.5) is 0 Å². The van der Waals surface area contributed by atoms with Crippen molar-refractivity contribution in [2.24, 2.45) is 0 Å². The number of hydrogen-bond acceptors (Lipinski definition) is 2. The van der Waals surface area contributed by atoms with Gasteiger partial charge in [0.25, 0.3) is 0 Å². The van der Waals surface area contributed by atoms with E-state index in [9.17, 15) is 4.21 Å². The van der Waals surface area contributed by atoms with Gasteiger partial charge in [-0.3, -0.25) is 4.21 Å². The Bertz CT molecular complexity index is 181. The van der Waals surface area contributed by atoms with Gasteiger partial charge >= 0.3 is 0 Å². The van der Waals surface area contributed by atoms with Crippen LogP contribution < -0.4 is 0 Å². The summed E-state index contributed by atoms with van der Waals surface area (Å²) in [5.74, 6) is 0. The summed E-state index contributed by atoms with van der Waals surface area (Å²) >= 11 is 0. The second-order valence-electron chi connectivity index (χ2n) is 1.68. The van der Waals surface area contributed by atoms with Gasteiger partial charge in [0.05, 0.1) is 10.8 Å². The molecule has 0 aromatic rings. The first kappa shape index (κ1) is 6.55. The summed E-state index contributed by atoms with van der Waals surface area (Å²) in [6.07, 6.45) is 7.04. The van der Waals surface area contributed by atoms with Crippen LogP contribution in [-0.2, 0) is 15.5 Å². The molecule has 1 unspecified atom stereocenters. The zero-order valence-corrected chi connectivity index (χ0v) is 5.98. The Balaban J connectivity index is 2.68. The summed E-state index contributed by atoms with van der Waals surface area (Å²) in [6, 6.07) is 0. The molecule has 0 aliphatic carbocycles. The zero-order valence-electron chi connectivity index (χ0n) is 5.16. The lowest BCUT2D eigenvalue weighted by Gasteiger charge is -2.06. The van der Waals surface area contributed by atoms with E-state index in [1.807, 2.05) is 12.2 Å². The van der Waals surface area contributed by atoms with Crippen molar-refractivity contribution in [3.63, 3.8) is 0 Å². The van der Waals surface area contributed by atoms with E-state index in [1.54, 1.807) is 12.3 Å². The summed E-state index contributed by atoms with van der Waals surface area (Å²) in [4.78, 5) is 0. The molecule has 0 saturated heterocycles. The molecule has 0 aromatic heterocycles. The molecule has 1 aliphatic rings. The predicted molar refractivity (Wildman–Crippen MR) is 37.2 cm³/mol. The quantitative estimate of drug-likeness (QED) is 0.544. The minimum atomic E-state index is -0.964. The molecule has 1 atom stereocenters. The Morgan fingerprint density at radius 1 is 1.78 bits per heavy atom. The lowest BCUT2D eigenvalue weighted by atomic mass is 10.4. The van der Waals surface area contributed by atoms with E-state index in [4.69, 9.17) is 4.74 Å². The van der Waals surface area contributed by atoms with Crippen molar-refractivity contribution in [2.45, 2.75) is 0 Å². The first-order chi connectivity index (χ1) is 4.30. The third kappa shape index (κ3) is 1.68. The van der Waals surface area contributed by atoms with Gasteiger partial charge in [-0.05, 0) is 12.2 Å². The first-order valence-electron chi connectivity index (χ1n) is 2.64. The number of ether oxygens (including phenoxy) is 1. The molecule has 0 fully saturated rings. The molecule has 0 amide bonds. The molecule has 2 nitrogen and oxygen atoms in total. The van der Waals surface area contributed by atoms with Gasteiger partial charge in [-0.1, -0.05) is 6.08 Å². The number of rotatable bonds is 1. The largest absolute Gasteiger partial charge is 0.481 e. The third-order valence-corrected chi connectivity index (χ3v) is 1.79. The monoisotopic (exact) mass is 144 g/mol. The molecule has 1 heterocycles. The molecule has 1 aliphatic heterocycles. The van der Waals surface area contributed by atoms with Crippen molar-refractivity contribution in [1.29, 1.82) is 0 Å². The van der Waals surface area contributed by atoms with Gasteiger partial charge in [0, 0.05) is 6.26 Å². The molecule has 9 heavy (non-hydrogen) atoms.